The fraction of sp³-hybridized carbons (Fsp3) is 0.286. The third-order valence-corrected chi connectivity index (χ3v) is 4.65. The summed E-state index contributed by atoms with van der Waals surface area (Å²) in [6.45, 7) is -0.470. The lowest BCUT2D eigenvalue weighted by molar-refractivity contribution is -0.147. The van der Waals surface area contributed by atoms with E-state index in [-0.39, 0.29) is 24.6 Å². The van der Waals surface area contributed by atoms with Crippen LogP contribution >= 0.6 is 0 Å². The second-order valence-electron chi connectivity index (χ2n) is 6.46. The van der Waals surface area contributed by atoms with Gasteiger partial charge in [-0.3, -0.25) is 14.4 Å². The third-order valence-electron chi connectivity index (χ3n) is 4.65. The SMILES string of the molecule is COc1ccc(C(=O)COC(=O)[C@H]2CC(=O)N(c3ccccc3F)C2)cc1OC. The van der Waals surface area contributed by atoms with E-state index in [0.717, 1.165) is 0 Å². The minimum atomic E-state index is -0.764. The second kappa shape index (κ2) is 8.72. The molecule has 152 valence electrons. The average molecular weight is 401 g/mol. The van der Waals surface area contributed by atoms with Gasteiger partial charge in [-0.15, -0.1) is 0 Å². The molecule has 1 atom stereocenters. The largest absolute Gasteiger partial charge is 0.493 e. The molecule has 0 N–H and O–H groups in total. The van der Waals surface area contributed by atoms with E-state index >= 15 is 0 Å². The van der Waals surface area contributed by atoms with Gasteiger partial charge >= 0.3 is 5.97 Å². The van der Waals surface area contributed by atoms with Gasteiger partial charge in [-0.1, -0.05) is 12.1 Å². The van der Waals surface area contributed by atoms with Crippen LogP contribution in [0, 0.1) is 11.7 Å². The maximum absolute atomic E-state index is 13.9. The van der Waals surface area contributed by atoms with Gasteiger partial charge in [0, 0.05) is 18.5 Å². The number of para-hydroxylation sites is 1. The molecule has 0 bridgehead atoms. The molecule has 0 radical (unpaired) electrons. The molecule has 7 nitrogen and oxygen atoms in total. The molecular formula is C21H20FNO6. The molecular weight excluding hydrogens is 381 g/mol. The molecule has 8 heteroatoms. The Bertz CT molecular complexity index is 945. The maximum Gasteiger partial charge on any atom is 0.311 e. The van der Waals surface area contributed by atoms with Gasteiger partial charge in [-0.25, -0.2) is 4.39 Å². The van der Waals surface area contributed by atoms with Crippen molar-refractivity contribution in [3.63, 3.8) is 0 Å². The Morgan fingerprint density at radius 3 is 2.52 bits per heavy atom. The van der Waals surface area contributed by atoms with Gasteiger partial charge in [0.25, 0.3) is 0 Å². The fourth-order valence-electron chi connectivity index (χ4n) is 3.12. The zero-order chi connectivity index (χ0) is 21.0. The van der Waals surface area contributed by atoms with Crippen molar-refractivity contribution in [2.45, 2.75) is 6.42 Å². The summed E-state index contributed by atoms with van der Waals surface area (Å²) in [5.41, 5.74) is 0.417. The summed E-state index contributed by atoms with van der Waals surface area (Å²) in [7, 11) is 2.93. The van der Waals surface area contributed by atoms with Gasteiger partial charge in [0.15, 0.2) is 23.9 Å². The van der Waals surface area contributed by atoms with E-state index in [1.54, 1.807) is 12.1 Å². The highest BCUT2D eigenvalue weighted by molar-refractivity contribution is 6.01. The molecule has 1 amide bonds. The fourth-order valence-corrected chi connectivity index (χ4v) is 3.12. The van der Waals surface area contributed by atoms with E-state index in [0.29, 0.717) is 17.1 Å². The Kier molecular flexibility index (Phi) is 6.11. The molecule has 2 aromatic carbocycles. The molecule has 1 aliphatic rings. The molecule has 0 spiro atoms. The van der Waals surface area contributed by atoms with Crippen LogP contribution in [0.3, 0.4) is 0 Å². The molecule has 3 rings (SSSR count). The van der Waals surface area contributed by atoms with Crippen LogP contribution in [-0.4, -0.2) is 45.0 Å². The lowest BCUT2D eigenvalue weighted by Gasteiger charge is -2.17. The highest BCUT2D eigenvalue weighted by Gasteiger charge is 2.37. The highest BCUT2D eigenvalue weighted by Crippen LogP contribution is 2.29. The summed E-state index contributed by atoms with van der Waals surface area (Å²) in [4.78, 5) is 38.1. The van der Waals surface area contributed by atoms with Crippen LogP contribution in [0.15, 0.2) is 42.5 Å². The van der Waals surface area contributed by atoms with Gasteiger partial charge in [0.05, 0.1) is 25.8 Å². The molecule has 1 fully saturated rings. The predicted octanol–water partition coefficient (Wildman–Crippen LogP) is 2.62. The van der Waals surface area contributed by atoms with E-state index in [1.165, 1.54) is 49.5 Å². The smallest absolute Gasteiger partial charge is 0.311 e. The number of hydrogen-bond acceptors (Lipinski definition) is 6. The van der Waals surface area contributed by atoms with E-state index < -0.39 is 30.1 Å². The highest BCUT2D eigenvalue weighted by atomic mass is 19.1. The van der Waals surface area contributed by atoms with Gasteiger partial charge in [0.1, 0.15) is 5.82 Å². The van der Waals surface area contributed by atoms with Gasteiger partial charge in [0.2, 0.25) is 5.91 Å². The van der Waals surface area contributed by atoms with Crippen LogP contribution in [0.5, 0.6) is 11.5 Å². The molecule has 0 unspecified atom stereocenters. The zero-order valence-corrected chi connectivity index (χ0v) is 16.0. The first-order valence-electron chi connectivity index (χ1n) is 8.91. The molecule has 1 aliphatic heterocycles. The number of ether oxygens (including phenoxy) is 3. The number of amides is 1. The van der Waals surface area contributed by atoms with Crippen molar-refractivity contribution in [3.05, 3.63) is 53.8 Å². The normalized spacial score (nSPS) is 15.9. The topological polar surface area (TPSA) is 82.1 Å². The molecule has 2 aromatic rings. The quantitative estimate of drug-likeness (QED) is 0.524. The maximum atomic E-state index is 13.9. The standard InChI is InChI=1S/C21H20FNO6/c1-27-18-8-7-13(9-19(18)28-2)17(24)12-29-21(26)14-10-20(25)23(11-14)16-6-4-3-5-15(16)22/h3-9,14H,10-12H2,1-2H3/t14-/m0/s1. The van der Waals surface area contributed by atoms with Crippen LogP contribution in [0.1, 0.15) is 16.8 Å². The van der Waals surface area contributed by atoms with Crippen LogP contribution in [0.25, 0.3) is 0 Å². The van der Waals surface area contributed by atoms with Gasteiger partial charge in [-0.2, -0.15) is 0 Å². The number of hydrogen-bond donors (Lipinski definition) is 0. The summed E-state index contributed by atoms with van der Waals surface area (Å²) >= 11 is 0. The zero-order valence-electron chi connectivity index (χ0n) is 16.0. The number of anilines is 1. The molecule has 0 saturated carbocycles. The van der Waals surface area contributed by atoms with Crippen molar-refractivity contribution in [1.29, 1.82) is 0 Å². The number of benzene rings is 2. The van der Waals surface area contributed by atoms with Crippen molar-refractivity contribution >= 4 is 23.3 Å². The molecule has 1 heterocycles. The van der Waals surface area contributed by atoms with Gasteiger partial charge < -0.3 is 19.1 Å². The Morgan fingerprint density at radius 2 is 1.83 bits per heavy atom. The number of carbonyl (C=O) groups excluding carboxylic acids is 3. The Balaban J connectivity index is 1.60. The number of rotatable bonds is 7. The Labute approximate surface area is 167 Å². The summed E-state index contributed by atoms with van der Waals surface area (Å²) in [5, 5.41) is 0. The van der Waals surface area contributed by atoms with E-state index in [9.17, 15) is 18.8 Å². The number of esters is 1. The summed E-state index contributed by atoms with van der Waals surface area (Å²) in [6, 6.07) is 10.5. The summed E-state index contributed by atoms with van der Waals surface area (Å²) in [5.74, 6) is -1.92. The minimum absolute atomic E-state index is 0.00312. The van der Waals surface area contributed by atoms with E-state index in [1.807, 2.05) is 0 Å². The molecule has 0 aromatic heterocycles. The van der Waals surface area contributed by atoms with Crippen molar-refractivity contribution in [3.8, 4) is 11.5 Å². The monoisotopic (exact) mass is 401 g/mol. The van der Waals surface area contributed by atoms with E-state index in [2.05, 4.69) is 0 Å². The first-order valence-corrected chi connectivity index (χ1v) is 8.91. The number of Topliss-reactive ketones (excluding diaryl/α,β-unsaturated/α-hetero) is 1. The van der Waals surface area contributed by atoms with Crippen LogP contribution in [-0.2, 0) is 14.3 Å². The van der Waals surface area contributed by atoms with Crippen molar-refractivity contribution in [2.24, 2.45) is 5.92 Å². The van der Waals surface area contributed by atoms with Crippen molar-refractivity contribution in [2.75, 3.05) is 32.3 Å². The average Bonchev–Trinajstić information content (AvgIpc) is 3.13. The van der Waals surface area contributed by atoms with E-state index in [4.69, 9.17) is 14.2 Å². The predicted molar refractivity (Wildman–Crippen MR) is 102 cm³/mol. The van der Waals surface area contributed by atoms with Crippen molar-refractivity contribution < 1.29 is 33.0 Å². The van der Waals surface area contributed by atoms with Crippen LogP contribution < -0.4 is 14.4 Å². The first-order chi connectivity index (χ1) is 13.9. The minimum Gasteiger partial charge on any atom is -0.493 e. The Morgan fingerprint density at radius 1 is 1.10 bits per heavy atom. The van der Waals surface area contributed by atoms with Crippen LogP contribution in [0.2, 0.25) is 0 Å². The van der Waals surface area contributed by atoms with Crippen molar-refractivity contribution in [1.82, 2.24) is 0 Å². The number of methoxy groups -OCH3 is 2. The lowest BCUT2D eigenvalue weighted by Crippen LogP contribution is -2.27. The van der Waals surface area contributed by atoms with Gasteiger partial charge in [-0.05, 0) is 30.3 Å². The molecule has 1 saturated heterocycles. The number of halogens is 1. The third kappa shape index (κ3) is 4.37. The number of ketones is 1. The second-order valence-corrected chi connectivity index (χ2v) is 6.46. The number of carbonyl (C=O) groups is 3. The summed E-state index contributed by atoms with van der Waals surface area (Å²) < 4.78 is 29.3. The molecule has 0 aliphatic carbocycles. The van der Waals surface area contributed by atoms with Crippen LogP contribution in [0.4, 0.5) is 10.1 Å². The number of nitrogens with zero attached hydrogens (tertiary/aromatic N) is 1. The first kappa shape index (κ1) is 20.3. The Hall–Kier alpha value is -3.42. The summed E-state index contributed by atoms with van der Waals surface area (Å²) in [6.07, 6.45) is -0.0995. The molecule has 29 heavy (non-hydrogen) atoms. The lowest BCUT2D eigenvalue weighted by atomic mass is 10.1.